The average molecular weight is 581 g/mol. The summed E-state index contributed by atoms with van der Waals surface area (Å²) in [5.74, 6) is 0.556. The first-order valence-electron chi connectivity index (χ1n) is 15.7. The zero-order chi connectivity index (χ0) is 31.4. The summed E-state index contributed by atoms with van der Waals surface area (Å²) in [7, 11) is 6.53. The van der Waals surface area contributed by atoms with Crippen molar-refractivity contribution in [1.82, 2.24) is 9.97 Å². The Kier molecular flexibility index (Phi) is 9.34. The van der Waals surface area contributed by atoms with Crippen LogP contribution in [0.3, 0.4) is 0 Å². The summed E-state index contributed by atoms with van der Waals surface area (Å²) in [5, 5.41) is 1.73. The molecule has 44 heavy (non-hydrogen) atoms. The summed E-state index contributed by atoms with van der Waals surface area (Å²) in [4.78, 5) is 8.90. The average Bonchev–Trinajstić information content (AvgIpc) is 3.39. The molecule has 0 N–H and O–H groups in total. The highest BCUT2D eigenvalue weighted by molar-refractivity contribution is 6.15. The molecule has 2 aromatic carbocycles. The third-order valence-electron chi connectivity index (χ3n) is 8.65. The molecule has 2 radical (unpaired) electrons. The normalized spacial score (nSPS) is 13.0. The van der Waals surface area contributed by atoms with Crippen LogP contribution in [0.25, 0.3) is 44.6 Å². The van der Waals surface area contributed by atoms with Crippen LogP contribution in [0.15, 0.2) is 102 Å². The molecular weight excluding hydrogens is 537 g/mol. The Morgan fingerprint density at radius 1 is 0.864 bits per heavy atom. The summed E-state index contributed by atoms with van der Waals surface area (Å²) in [5.41, 5.74) is 9.34. The molecule has 4 nitrogen and oxygen atoms in total. The summed E-state index contributed by atoms with van der Waals surface area (Å²) < 4.78 is 8.87. The first-order chi connectivity index (χ1) is 21.1. The maximum Gasteiger partial charge on any atom is 0.227 e. The lowest BCUT2D eigenvalue weighted by Gasteiger charge is -2.23. The molecule has 0 saturated carbocycles. The molecule has 6 rings (SSSR count). The Bertz CT molecular complexity index is 1820. The number of hydrogen-bond acceptors (Lipinski definition) is 3. The van der Waals surface area contributed by atoms with Crippen LogP contribution in [0.5, 0.6) is 0 Å². The maximum absolute atomic E-state index is 6.53. The third-order valence-corrected chi connectivity index (χ3v) is 8.65. The monoisotopic (exact) mass is 580 g/mol. The van der Waals surface area contributed by atoms with Crippen molar-refractivity contribution in [3.05, 3.63) is 114 Å². The molecule has 6 aromatic rings. The third kappa shape index (κ3) is 6.47. The van der Waals surface area contributed by atoms with Crippen LogP contribution >= 0.6 is 0 Å². The molecule has 0 bridgehead atoms. The second-order valence-electron chi connectivity index (χ2n) is 12.4. The number of aryl methyl sites for hydroxylation is 2. The van der Waals surface area contributed by atoms with Gasteiger partial charge in [0.1, 0.15) is 0 Å². The van der Waals surface area contributed by atoms with Crippen molar-refractivity contribution in [2.24, 2.45) is 5.92 Å². The van der Waals surface area contributed by atoms with Gasteiger partial charge in [-0.05, 0) is 61.0 Å². The molecule has 0 saturated heterocycles. The van der Waals surface area contributed by atoms with Crippen LogP contribution in [0.1, 0.15) is 70.3 Å². The van der Waals surface area contributed by atoms with Crippen molar-refractivity contribution in [3.63, 3.8) is 0 Å². The van der Waals surface area contributed by atoms with E-state index in [0.29, 0.717) is 17.7 Å². The molecular formula is C39H43BN3O+. The molecule has 4 heterocycles. The van der Waals surface area contributed by atoms with Crippen LogP contribution in [0.2, 0.25) is 0 Å². The van der Waals surface area contributed by atoms with E-state index in [1.807, 2.05) is 55.6 Å². The summed E-state index contributed by atoms with van der Waals surface area (Å²) in [6.45, 7) is 15.2. The summed E-state index contributed by atoms with van der Waals surface area (Å²) >= 11 is 0. The van der Waals surface area contributed by atoms with E-state index in [4.69, 9.17) is 12.3 Å². The number of benzene rings is 2. The SMILES string of the molecule is [B]C(C)(C)c1cc[n+](C(CC)C(C)CC)c(-c2c(C)ccc3c2oc2nc(C)ccc23)c1.c1ccc(-c2ccccn2)cc1. The van der Waals surface area contributed by atoms with Gasteiger partial charge in [-0.3, -0.25) is 4.98 Å². The van der Waals surface area contributed by atoms with Crippen molar-refractivity contribution in [1.29, 1.82) is 0 Å². The van der Waals surface area contributed by atoms with E-state index in [0.717, 1.165) is 63.0 Å². The predicted octanol–water partition coefficient (Wildman–Crippen LogP) is 9.70. The van der Waals surface area contributed by atoms with Gasteiger partial charge in [-0.2, -0.15) is 4.57 Å². The topological polar surface area (TPSA) is 42.8 Å². The van der Waals surface area contributed by atoms with Gasteiger partial charge >= 0.3 is 0 Å². The van der Waals surface area contributed by atoms with Crippen LogP contribution < -0.4 is 4.57 Å². The first-order valence-corrected chi connectivity index (χ1v) is 15.7. The van der Waals surface area contributed by atoms with E-state index in [9.17, 15) is 0 Å². The second kappa shape index (κ2) is 13.2. The van der Waals surface area contributed by atoms with E-state index in [1.165, 1.54) is 5.56 Å². The van der Waals surface area contributed by atoms with Crippen LogP contribution in [-0.4, -0.2) is 17.8 Å². The molecule has 222 valence electrons. The van der Waals surface area contributed by atoms with Crippen molar-refractivity contribution in [3.8, 4) is 22.5 Å². The van der Waals surface area contributed by atoms with E-state index < -0.39 is 5.31 Å². The molecule has 0 aliphatic rings. The van der Waals surface area contributed by atoms with E-state index in [2.05, 4.69) is 105 Å². The lowest BCUT2D eigenvalue weighted by Crippen LogP contribution is -2.45. The van der Waals surface area contributed by atoms with Gasteiger partial charge in [0.2, 0.25) is 11.4 Å². The summed E-state index contributed by atoms with van der Waals surface area (Å²) in [6, 6.07) is 29.4. The van der Waals surface area contributed by atoms with Crippen molar-refractivity contribution in [2.45, 2.75) is 72.7 Å². The molecule has 2 atom stereocenters. The molecule has 5 heteroatoms. The highest BCUT2D eigenvalue weighted by atomic mass is 16.3. The van der Waals surface area contributed by atoms with Gasteiger partial charge in [0.05, 0.1) is 19.1 Å². The predicted molar refractivity (Wildman–Crippen MR) is 184 cm³/mol. The van der Waals surface area contributed by atoms with Crippen LogP contribution in [0.4, 0.5) is 0 Å². The van der Waals surface area contributed by atoms with Gasteiger partial charge in [-0.1, -0.05) is 83.1 Å². The Balaban J connectivity index is 0.000000266. The summed E-state index contributed by atoms with van der Waals surface area (Å²) in [6.07, 6.45) is 6.23. The lowest BCUT2D eigenvalue weighted by atomic mass is 9.67. The Labute approximate surface area is 263 Å². The smallest absolute Gasteiger partial charge is 0.227 e. The number of hydrogen-bond donors (Lipinski definition) is 0. The number of furan rings is 1. The lowest BCUT2D eigenvalue weighted by molar-refractivity contribution is -0.720. The Morgan fingerprint density at radius 2 is 1.59 bits per heavy atom. The molecule has 0 amide bonds. The fourth-order valence-electron chi connectivity index (χ4n) is 5.92. The quantitative estimate of drug-likeness (QED) is 0.139. The second-order valence-corrected chi connectivity index (χ2v) is 12.4. The van der Waals surface area contributed by atoms with Crippen molar-refractivity contribution >= 4 is 29.9 Å². The Hall–Kier alpha value is -4.25. The van der Waals surface area contributed by atoms with E-state index in [1.54, 1.807) is 0 Å². The van der Waals surface area contributed by atoms with Gasteiger partial charge < -0.3 is 4.42 Å². The van der Waals surface area contributed by atoms with Crippen LogP contribution in [-0.2, 0) is 5.31 Å². The molecule has 0 aliphatic carbocycles. The minimum atomic E-state index is -0.430. The number of pyridine rings is 3. The van der Waals surface area contributed by atoms with Crippen molar-refractivity contribution < 1.29 is 8.98 Å². The number of fused-ring (bicyclic) bond motifs is 3. The highest BCUT2D eigenvalue weighted by Gasteiger charge is 2.31. The number of nitrogens with zero attached hydrogens (tertiary/aromatic N) is 3. The highest BCUT2D eigenvalue weighted by Crippen LogP contribution is 2.38. The van der Waals surface area contributed by atoms with E-state index in [-0.39, 0.29) is 0 Å². The Morgan fingerprint density at radius 3 is 2.25 bits per heavy atom. The zero-order valence-corrected chi connectivity index (χ0v) is 27.1. The largest absolute Gasteiger partial charge is 0.437 e. The first kappa shape index (κ1) is 31.2. The van der Waals surface area contributed by atoms with Gasteiger partial charge in [0.25, 0.3) is 0 Å². The molecule has 0 spiro atoms. The van der Waals surface area contributed by atoms with Crippen molar-refractivity contribution in [2.75, 3.05) is 0 Å². The minimum Gasteiger partial charge on any atom is -0.437 e. The zero-order valence-electron chi connectivity index (χ0n) is 27.1. The van der Waals surface area contributed by atoms with Gasteiger partial charge in [-0.15, -0.1) is 0 Å². The molecule has 4 aromatic heterocycles. The minimum absolute atomic E-state index is 0.393. The molecule has 0 aliphatic heterocycles. The maximum atomic E-state index is 6.53. The fourth-order valence-corrected chi connectivity index (χ4v) is 5.92. The number of aromatic nitrogens is 3. The van der Waals surface area contributed by atoms with Gasteiger partial charge in [0, 0.05) is 52.7 Å². The van der Waals surface area contributed by atoms with Crippen LogP contribution in [0, 0.1) is 19.8 Å². The van der Waals surface area contributed by atoms with Gasteiger partial charge in [-0.25, -0.2) is 4.98 Å². The standard InChI is InChI=1S/C28H34BN2O.C11H9N/c1-8-17(3)23(9-2)31-15-14-20(28(6,7)29)16-24(31)25-18(4)10-12-21-22-13-11-19(5)30-27(22)32-26(21)25;1-2-6-10(7-3-1)11-8-4-5-9-12-11/h10-17,23H,8-9H2,1-7H3;1-9H/q+1;. The fraction of sp³-hybridized carbons (Fsp3) is 0.308. The van der Waals surface area contributed by atoms with E-state index >= 15 is 0 Å². The number of rotatable bonds is 7. The van der Waals surface area contributed by atoms with Gasteiger partial charge in [0.15, 0.2) is 17.8 Å². The molecule has 2 unspecified atom stereocenters. The molecule has 0 fully saturated rings.